The van der Waals surface area contributed by atoms with Gasteiger partial charge in [0.25, 0.3) is 11.7 Å². The molecule has 5 heteroatoms. The fourth-order valence-electron chi connectivity index (χ4n) is 4.20. The molecule has 1 fully saturated rings. The average Bonchev–Trinajstić information content (AvgIpc) is 2.98. The van der Waals surface area contributed by atoms with E-state index >= 15 is 0 Å². The molecule has 1 unspecified atom stereocenters. The van der Waals surface area contributed by atoms with Crippen LogP contribution in [0.4, 0.5) is 0 Å². The maximum atomic E-state index is 13.2. The molecule has 1 aliphatic heterocycles. The van der Waals surface area contributed by atoms with Crippen molar-refractivity contribution in [3.8, 4) is 0 Å². The molecule has 1 atom stereocenters. The average molecular weight is 436 g/mol. The van der Waals surface area contributed by atoms with Gasteiger partial charge in [0.15, 0.2) is 0 Å². The number of hydrogen-bond donors (Lipinski definition) is 1. The summed E-state index contributed by atoms with van der Waals surface area (Å²) in [5.74, 6) is -1.34. The van der Waals surface area contributed by atoms with Crippen LogP contribution < -0.4 is 0 Å². The standard InChI is InChI=1S/C27H33NO4/c1-17-10-7-8-11-20(17)23-22(25(30)26(31)28(23)14-9-15-32-6)24(29)21-16-19(27(3,4)5)13-12-18(21)2/h7-8,10-13,16,23,29H,9,14-15H2,1-6H3/b24-22+. The van der Waals surface area contributed by atoms with Gasteiger partial charge in [-0.2, -0.15) is 0 Å². The minimum Gasteiger partial charge on any atom is -0.507 e. The van der Waals surface area contributed by atoms with Gasteiger partial charge in [0, 0.05) is 25.8 Å². The molecule has 2 aromatic carbocycles. The Kier molecular flexibility index (Phi) is 6.89. The van der Waals surface area contributed by atoms with Crippen LogP contribution in [-0.2, 0) is 19.7 Å². The number of methoxy groups -OCH3 is 1. The van der Waals surface area contributed by atoms with E-state index in [2.05, 4.69) is 20.8 Å². The number of aliphatic hydroxyl groups excluding tert-OH is 1. The normalized spacial score (nSPS) is 18.4. The van der Waals surface area contributed by atoms with Crippen molar-refractivity contribution < 1.29 is 19.4 Å². The van der Waals surface area contributed by atoms with Gasteiger partial charge in [0.05, 0.1) is 11.6 Å². The smallest absolute Gasteiger partial charge is 0.295 e. The van der Waals surface area contributed by atoms with Crippen molar-refractivity contribution >= 4 is 17.4 Å². The minimum atomic E-state index is -0.645. The molecule has 2 aromatic rings. The van der Waals surface area contributed by atoms with Gasteiger partial charge in [-0.15, -0.1) is 0 Å². The van der Waals surface area contributed by atoms with E-state index in [0.717, 1.165) is 22.3 Å². The topological polar surface area (TPSA) is 66.8 Å². The van der Waals surface area contributed by atoms with E-state index in [-0.39, 0.29) is 16.7 Å². The molecule has 1 saturated heterocycles. The minimum absolute atomic E-state index is 0.116. The van der Waals surface area contributed by atoms with Crippen molar-refractivity contribution in [2.24, 2.45) is 0 Å². The Morgan fingerprint density at radius 1 is 1.06 bits per heavy atom. The van der Waals surface area contributed by atoms with E-state index in [1.165, 1.54) is 0 Å². The molecule has 32 heavy (non-hydrogen) atoms. The van der Waals surface area contributed by atoms with E-state index in [4.69, 9.17) is 4.74 Å². The number of ketones is 1. The summed E-state index contributed by atoms with van der Waals surface area (Å²) in [6, 6.07) is 13.0. The Hall–Kier alpha value is -2.92. The lowest BCUT2D eigenvalue weighted by atomic mass is 9.84. The molecule has 0 bridgehead atoms. The Morgan fingerprint density at radius 3 is 2.38 bits per heavy atom. The summed E-state index contributed by atoms with van der Waals surface area (Å²) in [4.78, 5) is 27.8. The molecule has 0 spiro atoms. The summed E-state index contributed by atoms with van der Waals surface area (Å²) in [7, 11) is 1.61. The van der Waals surface area contributed by atoms with Gasteiger partial charge < -0.3 is 14.7 Å². The number of hydrogen-bond acceptors (Lipinski definition) is 4. The van der Waals surface area contributed by atoms with Crippen molar-refractivity contribution in [2.75, 3.05) is 20.3 Å². The number of rotatable bonds is 6. The number of nitrogens with zero attached hydrogens (tertiary/aromatic N) is 1. The van der Waals surface area contributed by atoms with E-state index in [9.17, 15) is 14.7 Å². The molecule has 1 amide bonds. The lowest BCUT2D eigenvalue weighted by Gasteiger charge is -2.27. The molecular formula is C27H33NO4. The first-order chi connectivity index (χ1) is 15.1. The highest BCUT2D eigenvalue weighted by Crippen LogP contribution is 2.41. The molecule has 170 valence electrons. The van der Waals surface area contributed by atoms with Crippen LogP contribution in [0.1, 0.15) is 61.1 Å². The highest BCUT2D eigenvalue weighted by Gasteiger charge is 2.46. The first kappa shape index (κ1) is 23.7. The zero-order valence-electron chi connectivity index (χ0n) is 19.9. The van der Waals surface area contributed by atoms with Gasteiger partial charge in [-0.3, -0.25) is 9.59 Å². The van der Waals surface area contributed by atoms with Crippen molar-refractivity contribution in [1.82, 2.24) is 4.90 Å². The highest BCUT2D eigenvalue weighted by atomic mass is 16.5. The molecule has 0 radical (unpaired) electrons. The van der Waals surface area contributed by atoms with Crippen LogP contribution in [0.5, 0.6) is 0 Å². The van der Waals surface area contributed by atoms with Gasteiger partial charge >= 0.3 is 0 Å². The number of carbonyl (C=O) groups is 2. The molecule has 0 aromatic heterocycles. The zero-order chi connectivity index (χ0) is 23.6. The predicted octanol–water partition coefficient (Wildman–Crippen LogP) is 5.06. The SMILES string of the molecule is COCCCN1C(=O)C(=O)/C(=C(/O)c2cc(C(C)(C)C)ccc2C)C1c1ccccc1C. The fraction of sp³-hybridized carbons (Fsp3) is 0.407. The number of aliphatic hydroxyl groups is 1. The Balaban J connectivity index is 2.22. The van der Waals surface area contributed by atoms with E-state index in [0.29, 0.717) is 25.1 Å². The first-order valence-electron chi connectivity index (χ1n) is 11.0. The zero-order valence-corrected chi connectivity index (χ0v) is 19.9. The largest absolute Gasteiger partial charge is 0.507 e. The maximum absolute atomic E-state index is 13.2. The van der Waals surface area contributed by atoms with Crippen LogP contribution in [0.25, 0.3) is 5.76 Å². The summed E-state index contributed by atoms with van der Waals surface area (Å²) < 4.78 is 5.15. The summed E-state index contributed by atoms with van der Waals surface area (Å²) in [6.45, 7) is 11.0. The van der Waals surface area contributed by atoms with E-state index in [1.54, 1.807) is 12.0 Å². The van der Waals surface area contributed by atoms with Gasteiger partial charge in [-0.05, 0) is 54.0 Å². The number of likely N-dealkylation sites (tertiary alicyclic amines) is 1. The molecular weight excluding hydrogens is 402 g/mol. The third-order valence-electron chi connectivity index (χ3n) is 6.13. The Morgan fingerprint density at radius 2 is 1.75 bits per heavy atom. The summed E-state index contributed by atoms with van der Waals surface area (Å²) in [5.41, 5.74) is 4.32. The van der Waals surface area contributed by atoms with Gasteiger partial charge in [-0.1, -0.05) is 57.2 Å². The van der Waals surface area contributed by atoms with Crippen LogP contribution in [0.15, 0.2) is 48.0 Å². The number of aryl methyl sites for hydroxylation is 2. The fourth-order valence-corrected chi connectivity index (χ4v) is 4.20. The molecule has 3 rings (SSSR count). The second kappa shape index (κ2) is 9.29. The molecule has 1 aliphatic rings. The predicted molar refractivity (Wildman–Crippen MR) is 127 cm³/mol. The summed E-state index contributed by atoms with van der Waals surface area (Å²) in [5, 5.41) is 11.4. The number of ether oxygens (including phenoxy) is 1. The van der Waals surface area contributed by atoms with Crippen LogP contribution in [0, 0.1) is 13.8 Å². The maximum Gasteiger partial charge on any atom is 0.295 e. The number of benzene rings is 2. The Bertz CT molecular complexity index is 1060. The summed E-state index contributed by atoms with van der Waals surface area (Å²) in [6.07, 6.45) is 0.602. The van der Waals surface area contributed by atoms with Crippen molar-refractivity contribution in [1.29, 1.82) is 0 Å². The second-order valence-electron chi connectivity index (χ2n) is 9.48. The number of Topliss-reactive ketones (excluding diaryl/α,β-unsaturated/α-hetero) is 1. The highest BCUT2D eigenvalue weighted by molar-refractivity contribution is 6.46. The van der Waals surface area contributed by atoms with Crippen LogP contribution in [0.3, 0.4) is 0 Å². The quantitative estimate of drug-likeness (QED) is 0.298. The molecule has 0 aliphatic carbocycles. The Labute approximate surface area is 190 Å². The molecule has 0 saturated carbocycles. The molecule has 5 nitrogen and oxygen atoms in total. The van der Waals surface area contributed by atoms with Crippen LogP contribution in [0.2, 0.25) is 0 Å². The number of carbonyl (C=O) groups excluding carboxylic acids is 2. The summed E-state index contributed by atoms with van der Waals surface area (Å²) >= 11 is 0. The monoisotopic (exact) mass is 435 g/mol. The lowest BCUT2D eigenvalue weighted by molar-refractivity contribution is -0.140. The van der Waals surface area contributed by atoms with Gasteiger partial charge in [0.2, 0.25) is 0 Å². The lowest BCUT2D eigenvalue weighted by Crippen LogP contribution is -2.31. The third kappa shape index (κ3) is 4.49. The van der Waals surface area contributed by atoms with Crippen molar-refractivity contribution in [2.45, 2.75) is 52.5 Å². The van der Waals surface area contributed by atoms with Crippen molar-refractivity contribution in [3.05, 3.63) is 75.9 Å². The third-order valence-corrected chi connectivity index (χ3v) is 6.13. The molecule has 1 N–H and O–H groups in total. The second-order valence-corrected chi connectivity index (χ2v) is 9.48. The van der Waals surface area contributed by atoms with E-state index in [1.807, 2.05) is 56.3 Å². The van der Waals surface area contributed by atoms with Crippen LogP contribution in [-0.4, -0.2) is 42.0 Å². The van der Waals surface area contributed by atoms with Gasteiger partial charge in [0.1, 0.15) is 5.76 Å². The molecule has 1 heterocycles. The first-order valence-corrected chi connectivity index (χ1v) is 11.0. The van der Waals surface area contributed by atoms with Gasteiger partial charge in [-0.25, -0.2) is 0 Å². The van der Waals surface area contributed by atoms with Crippen molar-refractivity contribution in [3.63, 3.8) is 0 Å². The van der Waals surface area contributed by atoms with Crippen LogP contribution >= 0.6 is 0 Å². The van der Waals surface area contributed by atoms with E-state index < -0.39 is 17.7 Å². The number of amides is 1.